The lowest BCUT2D eigenvalue weighted by atomic mass is 10.1. The van der Waals surface area contributed by atoms with Crippen LogP contribution in [0.25, 0.3) is 0 Å². The summed E-state index contributed by atoms with van der Waals surface area (Å²) in [6.45, 7) is 1.87. The molecule has 6 heteroatoms. The molecule has 0 aromatic heterocycles. The van der Waals surface area contributed by atoms with Gasteiger partial charge in [-0.3, -0.25) is 15.3 Å². The fourth-order valence-corrected chi connectivity index (χ4v) is 2.13. The number of carbonyl (C=O) groups excluding carboxylic acids is 1. The van der Waals surface area contributed by atoms with Gasteiger partial charge in [0, 0.05) is 6.42 Å². The van der Waals surface area contributed by atoms with Gasteiger partial charge in [-0.25, -0.2) is 9.78 Å². The largest absolute Gasteiger partial charge is 0.469 e. The number of ether oxygens (including phenoxy) is 1. The molecule has 0 radical (unpaired) electrons. The fraction of sp³-hybridized carbons (Fsp3) is 0.632. The molecule has 0 saturated heterocycles. The van der Waals surface area contributed by atoms with Crippen LogP contribution in [-0.4, -0.2) is 35.8 Å². The first-order valence-electron chi connectivity index (χ1n) is 8.86. The highest BCUT2D eigenvalue weighted by molar-refractivity contribution is 5.68. The maximum atomic E-state index is 10.9. The van der Waals surface area contributed by atoms with E-state index in [9.17, 15) is 4.79 Å². The van der Waals surface area contributed by atoms with Crippen LogP contribution in [-0.2, 0) is 19.3 Å². The lowest BCUT2D eigenvalue weighted by molar-refractivity contribution is -0.267. The first kappa shape index (κ1) is 23.5. The molecular weight excluding hydrogens is 324 g/mol. The highest BCUT2D eigenvalue weighted by atomic mass is 17.1. The topological polar surface area (TPSA) is 85.2 Å². The van der Waals surface area contributed by atoms with Gasteiger partial charge in [0.15, 0.2) is 0 Å². The first-order valence-corrected chi connectivity index (χ1v) is 8.86. The van der Waals surface area contributed by atoms with Gasteiger partial charge in [0.2, 0.25) is 0 Å². The molecule has 0 aliphatic rings. The zero-order valence-electron chi connectivity index (χ0n) is 15.3. The van der Waals surface area contributed by atoms with Crippen LogP contribution in [0.5, 0.6) is 0 Å². The van der Waals surface area contributed by atoms with Crippen LogP contribution in [0.1, 0.15) is 58.3 Å². The monoisotopic (exact) mass is 356 g/mol. The van der Waals surface area contributed by atoms with Gasteiger partial charge in [0.1, 0.15) is 12.2 Å². The number of methoxy groups -OCH3 is 1. The minimum absolute atomic E-state index is 0.135. The van der Waals surface area contributed by atoms with Gasteiger partial charge >= 0.3 is 5.97 Å². The smallest absolute Gasteiger partial charge is 0.305 e. The predicted octanol–water partition coefficient (Wildman–Crippen LogP) is 4.69. The molecule has 0 spiro atoms. The normalized spacial score (nSPS) is 14.6. The molecule has 25 heavy (non-hydrogen) atoms. The lowest BCUT2D eigenvalue weighted by Crippen LogP contribution is -2.08. The second-order valence-corrected chi connectivity index (χ2v) is 5.70. The number of esters is 1. The van der Waals surface area contributed by atoms with Crippen LogP contribution in [0.15, 0.2) is 36.5 Å². The van der Waals surface area contributed by atoms with Crippen LogP contribution >= 0.6 is 0 Å². The van der Waals surface area contributed by atoms with Crippen molar-refractivity contribution in [2.45, 2.75) is 70.5 Å². The molecule has 0 aliphatic carbocycles. The molecule has 6 nitrogen and oxygen atoms in total. The van der Waals surface area contributed by atoms with Gasteiger partial charge in [0.05, 0.1) is 7.11 Å². The van der Waals surface area contributed by atoms with E-state index in [-0.39, 0.29) is 5.97 Å². The minimum Gasteiger partial charge on any atom is -0.469 e. The SMILES string of the molecule is CCC(C=CC(C=CC=CCCCCCCCC(=O)OC)OO)OO. The van der Waals surface area contributed by atoms with E-state index in [1.165, 1.54) is 7.11 Å². The Morgan fingerprint density at radius 2 is 1.68 bits per heavy atom. The number of carbonyl (C=O) groups is 1. The number of hydrogen-bond donors (Lipinski definition) is 2. The molecule has 144 valence electrons. The molecule has 2 unspecified atom stereocenters. The molecule has 2 N–H and O–H groups in total. The van der Waals surface area contributed by atoms with Gasteiger partial charge in [-0.2, -0.15) is 0 Å². The Labute approximate surface area is 150 Å². The number of allylic oxidation sites excluding steroid dienone is 3. The zero-order chi connectivity index (χ0) is 18.8. The quantitative estimate of drug-likeness (QED) is 0.111. The average Bonchev–Trinajstić information content (AvgIpc) is 2.64. The van der Waals surface area contributed by atoms with Gasteiger partial charge in [-0.1, -0.05) is 56.6 Å². The zero-order valence-corrected chi connectivity index (χ0v) is 15.3. The van der Waals surface area contributed by atoms with Crippen molar-refractivity contribution in [3.05, 3.63) is 36.5 Å². The van der Waals surface area contributed by atoms with Gasteiger partial charge in [-0.15, -0.1) is 0 Å². The molecule has 0 aliphatic heterocycles. The molecule has 0 fully saturated rings. The van der Waals surface area contributed by atoms with E-state index in [0.29, 0.717) is 12.8 Å². The number of hydrogen-bond acceptors (Lipinski definition) is 6. The Balaban J connectivity index is 3.77. The minimum atomic E-state index is -0.580. The molecular formula is C19H32O6. The maximum Gasteiger partial charge on any atom is 0.305 e. The van der Waals surface area contributed by atoms with Crippen LogP contribution in [0.2, 0.25) is 0 Å². The van der Waals surface area contributed by atoms with Crippen molar-refractivity contribution < 1.29 is 29.8 Å². The summed E-state index contributed by atoms with van der Waals surface area (Å²) in [5.74, 6) is -0.135. The summed E-state index contributed by atoms with van der Waals surface area (Å²) in [7, 11) is 1.42. The number of rotatable bonds is 15. The second kappa shape index (κ2) is 17.4. The van der Waals surface area contributed by atoms with E-state index in [1.807, 2.05) is 19.1 Å². The summed E-state index contributed by atoms with van der Waals surface area (Å²) in [5, 5.41) is 17.4. The average molecular weight is 356 g/mol. The molecule has 2 atom stereocenters. The molecule has 0 bridgehead atoms. The van der Waals surface area contributed by atoms with E-state index < -0.39 is 12.2 Å². The van der Waals surface area contributed by atoms with Crippen LogP contribution in [0, 0.1) is 0 Å². The third kappa shape index (κ3) is 14.6. The van der Waals surface area contributed by atoms with E-state index in [4.69, 9.17) is 10.5 Å². The Morgan fingerprint density at radius 1 is 0.960 bits per heavy atom. The van der Waals surface area contributed by atoms with E-state index in [0.717, 1.165) is 38.5 Å². The summed E-state index contributed by atoms with van der Waals surface area (Å²) in [6.07, 6.45) is 17.2. The Bertz CT molecular complexity index is 399. The van der Waals surface area contributed by atoms with Crippen molar-refractivity contribution >= 4 is 5.97 Å². The van der Waals surface area contributed by atoms with Crippen molar-refractivity contribution in [2.75, 3.05) is 7.11 Å². The highest BCUT2D eigenvalue weighted by Crippen LogP contribution is 2.08. The predicted molar refractivity (Wildman–Crippen MR) is 97.0 cm³/mol. The van der Waals surface area contributed by atoms with Crippen molar-refractivity contribution in [2.24, 2.45) is 0 Å². The van der Waals surface area contributed by atoms with Crippen molar-refractivity contribution in [3.63, 3.8) is 0 Å². The standard InChI is InChI=1S/C19H32O6/c1-3-17(24-21)15-16-18(25-22)13-11-9-7-5-4-6-8-10-12-14-19(20)23-2/h7,9,11,13,15-18,21-22H,3-6,8,10,12,14H2,1-2H3. The van der Waals surface area contributed by atoms with Gasteiger partial charge < -0.3 is 4.74 Å². The summed E-state index contributed by atoms with van der Waals surface area (Å²) in [5.41, 5.74) is 0. The highest BCUT2D eigenvalue weighted by Gasteiger charge is 2.03. The van der Waals surface area contributed by atoms with Crippen LogP contribution < -0.4 is 0 Å². The third-order valence-corrected chi connectivity index (χ3v) is 3.70. The molecule has 0 aromatic rings. The maximum absolute atomic E-state index is 10.9. The third-order valence-electron chi connectivity index (χ3n) is 3.70. The van der Waals surface area contributed by atoms with Crippen LogP contribution in [0.4, 0.5) is 0 Å². The molecule has 0 aromatic carbocycles. The molecule has 0 saturated carbocycles. The Kier molecular flexibility index (Phi) is 16.3. The second-order valence-electron chi connectivity index (χ2n) is 5.70. The molecule has 0 rings (SSSR count). The van der Waals surface area contributed by atoms with Gasteiger partial charge in [-0.05, 0) is 31.8 Å². The summed E-state index contributed by atoms with van der Waals surface area (Å²) in [6, 6.07) is 0. The van der Waals surface area contributed by atoms with Crippen molar-refractivity contribution in [1.82, 2.24) is 0 Å². The number of unbranched alkanes of at least 4 members (excludes halogenated alkanes) is 5. The fourth-order valence-electron chi connectivity index (χ4n) is 2.13. The van der Waals surface area contributed by atoms with E-state index in [1.54, 1.807) is 18.2 Å². The van der Waals surface area contributed by atoms with E-state index >= 15 is 0 Å². The van der Waals surface area contributed by atoms with Gasteiger partial charge in [0.25, 0.3) is 0 Å². The lowest BCUT2D eigenvalue weighted by Gasteiger charge is -2.06. The summed E-state index contributed by atoms with van der Waals surface area (Å²) < 4.78 is 4.60. The Morgan fingerprint density at radius 3 is 2.32 bits per heavy atom. The Hall–Kier alpha value is -1.47. The van der Waals surface area contributed by atoms with E-state index in [2.05, 4.69) is 20.6 Å². The first-order chi connectivity index (χ1) is 12.2. The summed E-state index contributed by atoms with van der Waals surface area (Å²) in [4.78, 5) is 19.5. The molecule has 0 heterocycles. The van der Waals surface area contributed by atoms with Crippen LogP contribution in [0.3, 0.4) is 0 Å². The van der Waals surface area contributed by atoms with Crippen molar-refractivity contribution in [1.29, 1.82) is 0 Å². The summed E-state index contributed by atoms with van der Waals surface area (Å²) >= 11 is 0. The molecule has 0 amide bonds. The van der Waals surface area contributed by atoms with Crippen molar-refractivity contribution in [3.8, 4) is 0 Å².